The van der Waals surface area contributed by atoms with Crippen LogP contribution < -0.4 is 10.6 Å². The number of carbonyl (C=O) groups excluding carboxylic acids is 3. The highest BCUT2D eigenvalue weighted by Gasteiger charge is 2.78. The van der Waals surface area contributed by atoms with Crippen LogP contribution in [0.4, 0.5) is 0 Å². The fourth-order valence-electron chi connectivity index (χ4n) is 9.24. The lowest BCUT2D eigenvalue weighted by molar-refractivity contribution is -0.235. The van der Waals surface area contributed by atoms with Gasteiger partial charge in [-0.25, -0.2) is 0 Å². The molecule has 12 heteroatoms. The zero-order valence-electron chi connectivity index (χ0n) is 27.1. The van der Waals surface area contributed by atoms with Gasteiger partial charge in [0.25, 0.3) is 0 Å². The number of epoxide rings is 1. The maximum absolute atomic E-state index is 14.4. The van der Waals surface area contributed by atoms with Crippen LogP contribution in [0.3, 0.4) is 0 Å². The van der Waals surface area contributed by atoms with Crippen LogP contribution in [0.2, 0.25) is 0 Å². The number of hydroxylamine groups is 2. The van der Waals surface area contributed by atoms with Crippen LogP contribution in [-0.2, 0) is 44.7 Å². The van der Waals surface area contributed by atoms with E-state index in [9.17, 15) is 14.4 Å². The summed E-state index contributed by atoms with van der Waals surface area (Å²) < 4.78 is 25.5. The maximum atomic E-state index is 14.4. The molecule has 4 saturated carbocycles. The number of fused-ring (bicyclic) bond motifs is 5. The highest BCUT2D eigenvalue weighted by atomic mass is 16.8. The van der Waals surface area contributed by atoms with Crippen LogP contribution in [0.1, 0.15) is 68.9 Å². The summed E-state index contributed by atoms with van der Waals surface area (Å²) >= 11 is 0. The number of aliphatic hydroxyl groups excluding tert-OH is 1. The molecule has 0 radical (unpaired) electrons. The van der Waals surface area contributed by atoms with Crippen LogP contribution in [0.5, 0.6) is 0 Å². The van der Waals surface area contributed by atoms with Crippen molar-refractivity contribution in [3.05, 3.63) is 41.5 Å². The average molecular weight is 664 g/mol. The molecule has 0 aromatic heterocycles. The largest absolute Gasteiger partial charge is 0.458 e. The number of nitrogens with zero attached hydrogens (tertiary/aromatic N) is 1. The van der Waals surface area contributed by atoms with Crippen LogP contribution >= 0.6 is 0 Å². The van der Waals surface area contributed by atoms with E-state index in [1.165, 1.54) is 0 Å². The Bertz CT molecular complexity index is 1480. The molecule has 4 heterocycles. The van der Waals surface area contributed by atoms with Gasteiger partial charge in [0.15, 0.2) is 11.8 Å². The number of amides is 2. The zero-order valence-corrected chi connectivity index (χ0v) is 27.1. The molecule has 258 valence electrons. The lowest BCUT2D eigenvalue weighted by Crippen LogP contribution is -2.69. The van der Waals surface area contributed by atoms with E-state index in [-0.39, 0.29) is 50.9 Å². The molecule has 2 bridgehead atoms. The molecule has 3 unspecified atom stereocenters. The Labute approximate surface area is 279 Å². The minimum Gasteiger partial charge on any atom is -0.458 e. The van der Waals surface area contributed by atoms with Gasteiger partial charge in [0, 0.05) is 37.8 Å². The zero-order chi connectivity index (χ0) is 32.6. The SMILES string of the molecule is O=C(CCNC(=O)[C@@]12C[C@H]3OC(=O)[C@@H]1N(Cc1cccc(C=CC4CCC5OC5C4)c1)O[C@@H]2[C@H]1OC(C2CC2)(C2CC2)O[C@H]13)NCCO. The van der Waals surface area contributed by atoms with Crippen molar-refractivity contribution in [2.75, 3.05) is 19.7 Å². The Hall–Kier alpha value is -2.87. The number of hydrogen-bond acceptors (Lipinski definition) is 10. The average Bonchev–Trinajstić information content (AvgIpc) is 3.98. The van der Waals surface area contributed by atoms with Crippen molar-refractivity contribution in [3.8, 4) is 0 Å². The predicted octanol–water partition coefficient (Wildman–Crippen LogP) is 1.98. The highest BCUT2D eigenvalue weighted by Crippen LogP contribution is 2.63. The van der Waals surface area contributed by atoms with Crippen molar-refractivity contribution in [2.24, 2.45) is 23.2 Å². The summed E-state index contributed by atoms with van der Waals surface area (Å²) in [6, 6.07) is 7.18. The second kappa shape index (κ2) is 11.9. The number of aliphatic hydroxyl groups is 1. The Kier molecular flexibility index (Phi) is 7.71. The first-order valence-electron chi connectivity index (χ1n) is 18.0. The van der Waals surface area contributed by atoms with Gasteiger partial charge in [-0.2, -0.15) is 5.06 Å². The van der Waals surface area contributed by atoms with E-state index < -0.39 is 47.6 Å². The van der Waals surface area contributed by atoms with Gasteiger partial charge in [-0.05, 0) is 62.0 Å². The molecular weight excluding hydrogens is 618 g/mol. The Balaban J connectivity index is 0.984. The number of ether oxygens (including phenoxy) is 4. The Morgan fingerprint density at radius 1 is 0.979 bits per heavy atom. The molecule has 3 N–H and O–H groups in total. The fourth-order valence-corrected chi connectivity index (χ4v) is 9.24. The third kappa shape index (κ3) is 5.30. The van der Waals surface area contributed by atoms with Crippen molar-refractivity contribution in [3.63, 3.8) is 0 Å². The van der Waals surface area contributed by atoms with Crippen molar-refractivity contribution < 1.29 is 43.3 Å². The minimum absolute atomic E-state index is 0.0448. The normalized spacial score (nSPS) is 39.1. The summed E-state index contributed by atoms with van der Waals surface area (Å²) in [6.45, 7) is 0.343. The van der Waals surface area contributed by atoms with Gasteiger partial charge in [0.2, 0.25) is 11.8 Å². The quantitative estimate of drug-likeness (QED) is 0.224. The lowest BCUT2D eigenvalue weighted by atomic mass is 9.62. The molecule has 1 aromatic carbocycles. The number of rotatable bonds is 12. The maximum Gasteiger partial charge on any atom is 0.327 e. The Morgan fingerprint density at radius 3 is 2.56 bits per heavy atom. The molecule has 9 atom stereocenters. The number of esters is 1. The van der Waals surface area contributed by atoms with Gasteiger partial charge < -0.3 is 34.7 Å². The molecule has 4 aliphatic carbocycles. The summed E-state index contributed by atoms with van der Waals surface area (Å²) in [7, 11) is 0. The molecule has 4 aliphatic heterocycles. The van der Waals surface area contributed by atoms with Gasteiger partial charge in [-0.3, -0.25) is 19.2 Å². The molecule has 8 fully saturated rings. The fraction of sp³-hybridized carbons (Fsp3) is 0.694. The van der Waals surface area contributed by atoms with E-state index in [1.807, 2.05) is 12.1 Å². The molecule has 8 aliphatic rings. The predicted molar refractivity (Wildman–Crippen MR) is 168 cm³/mol. The van der Waals surface area contributed by atoms with Gasteiger partial charge in [-0.1, -0.05) is 36.4 Å². The van der Waals surface area contributed by atoms with E-state index in [0.29, 0.717) is 30.0 Å². The summed E-state index contributed by atoms with van der Waals surface area (Å²) in [5.41, 5.74) is 0.727. The summed E-state index contributed by atoms with van der Waals surface area (Å²) in [6.07, 6.45) is 10.6. The van der Waals surface area contributed by atoms with Gasteiger partial charge in [0.1, 0.15) is 29.8 Å². The molecule has 48 heavy (non-hydrogen) atoms. The molecule has 4 saturated heterocycles. The summed E-state index contributed by atoms with van der Waals surface area (Å²) in [5.74, 6) is -0.753. The number of benzene rings is 1. The van der Waals surface area contributed by atoms with Crippen LogP contribution in [0.25, 0.3) is 6.08 Å². The second-order valence-corrected chi connectivity index (χ2v) is 15.1. The molecule has 0 spiro atoms. The smallest absolute Gasteiger partial charge is 0.327 e. The topological polar surface area (TPSA) is 148 Å². The Morgan fingerprint density at radius 2 is 1.79 bits per heavy atom. The first-order chi connectivity index (χ1) is 23.4. The third-order valence-electron chi connectivity index (χ3n) is 11.9. The van der Waals surface area contributed by atoms with Crippen molar-refractivity contribution in [2.45, 2.75) is 113 Å². The first-order valence-corrected chi connectivity index (χ1v) is 18.0. The van der Waals surface area contributed by atoms with Crippen LogP contribution in [0, 0.1) is 23.2 Å². The van der Waals surface area contributed by atoms with Gasteiger partial charge in [0.05, 0.1) is 25.4 Å². The van der Waals surface area contributed by atoms with Crippen LogP contribution in [-0.4, -0.2) is 96.1 Å². The van der Waals surface area contributed by atoms with Gasteiger partial charge >= 0.3 is 5.97 Å². The van der Waals surface area contributed by atoms with E-state index in [2.05, 4.69) is 34.9 Å². The third-order valence-corrected chi connectivity index (χ3v) is 11.9. The minimum atomic E-state index is -1.28. The van der Waals surface area contributed by atoms with Crippen molar-refractivity contribution in [1.29, 1.82) is 0 Å². The number of allylic oxidation sites excluding steroid dienone is 1. The highest BCUT2D eigenvalue weighted by molar-refractivity contribution is 5.94. The molecule has 9 rings (SSSR count). The molecular formula is C36H45N3O9. The summed E-state index contributed by atoms with van der Waals surface area (Å²) in [4.78, 5) is 47.3. The lowest BCUT2D eigenvalue weighted by Gasteiger charge is -2.48. The van der Waals surface area contributed by atoms with Gasteiger partial charge in [-0.15, -0.1) is 0 Å². The number of carbonyl (C=O) groups is 3. The first kappa shape index (κ1) is 31.1. The van der Waals surface area contributed by atoms with Crippen LogP contribution in [0.15, 0.2) is 30.3 Å². The molecule has 1 aromatic rings. The molecule has 12 nitrogen and oxygen atoms in total. The molecule has 2 amide bonds. The standard InChI is InChI=1S/C36H45N3O9/c40-15-14-37-28(41)12-13-38-34(43)35-18-27-29-30(47-36(46-29,23-7-8-23)24-9-10-24)32(35)48-39(31(35)33(42)45-27)19-22-3-1-2-20(16-22)4-5-21-6-11-25-26(17-21)44-25/h1-5,16,21,23-27,29-32,40H,6-15,17-19H2,(H,37,41)(H,38,43)/t21?,25?,26?,27-,29+,30+,31+,32-,35+/m1/s1. The number of nitrogens with one attached hydrogen (secondary N) is 2. The van der Waals surface area contributed by atoms with E-state index in [4.69, 9.17) is 28.9 Å². The van der Waals surface area contributed by atoms with E-state index >= 15 is 0 Å². The number of hydrogen-bond donors (Lipinski definition) is 3. The van der Waals surface area contributed by atoms with Crippen molar-refractivity contribution >= 4 is 23.9 Å². The monoisotopic (exact) mass is 663 g/mol. The summed E-state index contributed by atoms with van der Waals surface area (Å²) in [5, 5.41) is 16.2. The van der Waals surface area contributed by atoms with Crippen molar-refractivity contribution in [1.82, 2.24) is 15.7 Å². The second-order valence-electron chi connectivity index (χ2n) is 15.1. The van der Waals surface area contributed by atoms with E-state index in [1.54, 1.807) is 5.06 Å². The van der Waals surface area contributed by atoms with E-state index in [0.717, 1.165) is 56.1 Å².